The van der Waals surface area contributed by atoms with Gasteiger partial charge < -0.3 is 10.2 Å². The fraction of sp³-hybridized carbons (Fsp3) is 0.182. The molecular weight excluding hydrogens is 350 g/mol. The number of carbonyl (C=O) groups excluding carboxylic acids is 1. The van der Waals surface area contributed by atoms with Gasteiger partial charge in [0.25, 0.3) is 5.91 Å². The number of hydrogen-bond acceptors (Lipinski definition) is 5. The number of carbonyl (C=O) groups is 1. The second kappa shape index (κ2) is 7.89. The number of nitrogens with zero attached hydrogens (tertiary/aromatic N) is 4. The molecule has 3 aromatic rings. The predicted octanol–water partition coefficient (Wildman–Crippen LogP) is 3.87. The summed E-state index contributed by atoms with van der Waals surface area (Å²) in [6.45, 7) is 2.06. The highest BCUT2D eigenvalue weighted by Gasteiger charge is 2.14. The predicted molar refractivity (Wildman–Crippen MR) is 108 cm³/mol. The van der Waals surface area contributed by atoms with Crippen LogP contribution in [0, 0.1) is 11.3 Å². The fourth-order valence-electron chi connectivity index (χ4n) is 3.28. The lowest BCUT2D eigenvalue weighted by atomic mass is 10.1. The molecule has 0 spiro atoms. The molecule has 1 aliphatic rings. The average molecular weight is 369 g/mol. The third-order valence-corrected chi connectivity index (χ3v) is 4.75. The topological polar surface area (TPSA) is 81.9 Å². The van der Waals surface area contributed by atoms with Crippen LogP contribution in [0.1, 0.15) is 28.8 Å². The Balaban J connectivity index is 1.51. The van der Waals surface area contributed by atoms with Crippen LogP contribution in [0.4, 0.5) is 11.5 Å². The van der Waals surface area contributed by atoms with Gasteiger partial charge in [0, 0.05) is 29.9 Å². The third-order valence-electron chi connectivity index (χ3n) is 4.75. The molecule has 28 heavy (non-hydrogen) atoms. The zero-order valence-electron chi connectivity index (χ0n) is 15.3. The summed E-state index contributed by atoms with van der Waals surface area (Å²) in [6.07, 6.45) is 2.39. The largest absolute Gasteiger partial charge is 0.355 e. The molecule has 0 atom stereocenters. The van der Waals surface area contributed by atoms with Crippen molar-refractivity contribution in [1.29, 1.82) is 5.26 Å². The maximum atomic E-state index is 12.5. The summed E-state index contributed by atoms with van der Waals surface area (Å²) in [4.78, 5) is 14.7. The monoisotopic (exact) mass is 369 g/mol. The van der Waals surface area contributed by atoms with E-state index in [4.69, 9.17) is 5.26 Å². The Hall–Kier alpha value is -3.72. The molecule has 2 heterocycles. The van der Waals surface area contributed by atoms with Gasteiger partial charge in [-0.25, -0.2) is 0 Å². The van der Waals surface area contributed by atoms with E-state index in [1.54, 1.807) is 24.3 Å². The van der Waals surface area contributed by atoms with Gasteiger partial charge in [0.05, 0.1) is 17.3 Å². The van der Waals surface area contributed by atoms with Gasteiger partial charge >= 0.3 is 0 Å². The van der Waals surface area contributed by atoms with Crippen molar-refractivity contribution >= 4 is 17.4 Å². The number of nitriles is 1. The molecule has 0 unspecified atom stereocenters. The van der Waals surface area contributed by atoms with Crippen LogP contribution in [0.5, 0.6) is 0 Å². The van der Waals surface area contributed by atoms with E-state index in [1.807, 2.05) is 42.5 Å². The summed E-state index contributed by atoms with van der Waals surface area (Å²) in [7, 11) is 0. The van der Waals surface area contributed by atoms with Gasteiger partial charge in [-0.1, -0.05) is 18.2 Å². The molecule has 0 aliphatic carbocycles. The summed E-state index contributed by atoms with van der Waals surface area (Å²) in [5.74, 6) is 0.646. The Bertz CT molecular complexity index is 1030. The minimum Gasteiger partial charge on any atom is -0.355 e. The highest BCUT2D eigenvalue weighted by Crippen LogP contribution is 2.23. The van der Waals surface area contributed by atoms with Crippen LogP contribution in [-0.4, -0.2) is 29.2 Å². The van der Waals surface area contributed by atoms with Crippen molar-refractivity contribution in [2.45, 2.75) is 12.8 Å². The first-order chi connectivity index (χ1) is 13.7. The van der Waals surface area contributed by atoms with Crippen molar-refractivity contribution in [2.75, 3.05) is 23.3 Å². The van der Waals surface area contributed by atoms with Crippen molar-refractivity contribution in [1.82, 2.24) is 10.2 Å². The lowest BCUT2D eigenvalue weighted by Crippen LogP contribution is -2.19. The summed E-state index contributed by atoms with van der Waals surface area (Å²) in [5.41, 5.74) is 3.19. The van der Waals surface area contributed by atoms with E-state index >= 15 is 0 Å². The second-order valence-corrected chi connectivity index (χ2v) is 6.70. The van der Waals surface area contributed by atoms with Gasteiger partial charge in [0.1, 0.15) is 0 Å². The molecule has 4 rings (SSSR count). The van der Waals surface area contributed by atoms with Gasteiger partial charge in [-0.15, -0.1) is 10.2 Å². The molecule has 1 saturated heterocycles. The Morgan fingerprint density at radius 2 is 1.82 bits per heavy atom. The molecule has 1 aromatic heterocycles. The van der Waals surface area contributed by atoms with E-state index in [-0.39, 0.29) is 5.91 Å². The van der Waals surface area contributed by atoms with Crippen molar-refractivity contribution in [3.8, 4) is 17.3 Å². The number of anilines is 2. The molecule has 6 nitrogen and oxygen atoms in total. The van der Waals surface area contributed by atoms with Crippen molar-refractivity contribution in [2.24, 2.45) is 0 Å². The van der Waals surface area contributed by atoms with Crippen LogP contribution in [-0.2, 0) is 0 Å². The third kappa shape index (κ3) is 3.84. The quantitative estimate of drug-likeness (QED) is 0.755. The van der Waals surface area contributed by atoms with E-state index in [1.165, 1.54) is 12.8 Å². The van der Waals surface area contributed by atoms with E-state index in [0.29, 0.717) is 16.8 Å². The highest BCUT2D eigenvalue weighted by molar-refractivity contribution is 6.04. The molecule has 1 fully saturated rings. The molecule has 0 radical (unpaired) electrons. The lowest BCUT2D eigenvalue weighted by molar-refractivity contribution is 0.102. The molecule has 6 heteroatoms. The van der Waals surface area contributed by atoms with Gasteiger partial charge in [-0.05, 0) is 55.3 Å². The number of amides is 1. The van der Waals surface area contributed by atoms with E-state index in [9.17, 15) is 4.79 Å². The Morgan fingerprint density at radius 1 is 1.00 bits per heavy atom. The van der Waals surface area contributed by atoms with Crippen LogP contribution in [0.2, 0.25) is 0 Å². The van der Waals surface area contributed by atoms with Crippen molar-refractivity contribution < 1.29 is 4.79 Å². The molecular formula is C22H19N5O. The number of aromatic nitrogens is 2. The summed E-state index contributed by atoms with van der Waals surface area (Å²) in [5, 5.41) is 20.6. The number of benzene rings is 2. The summed E-state index contributed by atoms with van der Waals surface area (Å²) >= 11 is 0. The van der Waals surface area contributed by atoms with E-state index < -0.39 is 0 Å². The van der Waals surface area contributed by atoms with Crippen molar-refractivity contribution in [3.05, 3.63) is 71.8 Å². The SMILES string of the molecule is N#Cc1cccc(C(=O)Nc2cccc(-c3ccc(N4CCCC4)nn3)c2)c1. The van der Waals surface area contributed by atoms with Crippen LogP contribution < -0.4 is 10.2 Å². The standard InChI is InChI=1S/C22H19N5O/c23-15-16-5-3-7-18(13-16)22(28)24-19-8-4-6-17(14-19)20-9-10-21(26-25-20)27-11-1-2-12-27/h3-10,13-14H,1-2,11-12H2,(H,24,28). The summed E-state index contributed by atoms with van der Waals surface area (Å²) in [6, 6.07) is 20.1. The minimum atomic E-state index is -0.260. The van der Waals surface area contributed by atoms with E-state index in [0.717, 1.165) is 30.2 Å². The first-order valence-electron chi connectivity index (χ1n) is 9.23. The normalized spacial score (nSPS) is 13.2. The molecule has 1 amide bonds. The second-order valence-electron chi connectivity index (χ2n) is 6.70. The van der Waals surface area contributed by atoms with Crippen LogP contribution >= 0.6 is 0 Å². The fourth-order valence-corrected chi connectivity index (χ4v) is 3.28. The maximum absolute atomic E-state index is 12.5. The minimum absolute atomic E-state index is 0.260. The molecule has 0 bridgehead atoms. The van der Waals surface area contributed by atoms with Gasteiger partial charge in [-0.3, -0.25) is 4.79 Å². The van der Waals surface area contributed by atoms with Crippen molar-refractivity contribution in [3.63, 3.8) is 0 Å². The summed E-state index contributed by atoms with van der Waals surface area (Å²) < 4.78 is 0. The molecule has 2 aromatic carbocycles. The Labute approximate surface area is 163 Å². The molecule has 1 aliphatic heterocycles. The van der Waals surface area contributed by atoms with Gasteiger partial charge in [0.2, 0.25) is 0 Å². The first-order valence-corrected chi connectivity index (χ1v) is 9.23. The Kier molecular flexibility index (Phi) is 4.98. The smallest absolute Gasteiger partial charge is 0.255 e. The Morgan fingerprint density at radius 3 is 2.57 bits per heavy atom. The highest BCUT2D eigenvalue weighted by atomic mass is 16.1. The van der Waals surface area contributed by atoms with Crippen LogP contribution in [0.25, 0.3) is 11.3 Å². The van der Waals surface area contributed by atoms with Crippen LogP contribution in [0.3, 0.4) is 0 Å². The van der Waals surface area contributed by atoms with Gasteiger partial charge in [-0.2, -0.15) is 5.26 Å². The molecule has 0 saturated carbocycles. The zero-order chi connectivity index (χ0) is 19.3. The maximum Gasteiger partial charge on any atom is 0.255 e. The number of rotatable bonds is 4. The molecule has 138 valence electrons. The average Bonchev–Trinajstić information content (AvgIpc) is 3.29. The molecule has 1 N–H and O–H groups in total. The van der Waals surface area contributed by atoms with E-state index in [2.05, 4.69) is 20.4 Å². The zero-order valence-corrected chi connectivity index (χ0v) is 15.3. The number of nitrogens with one attached hydrogen (secondary N) is 1. The lowest BCUT2D eigenvalue weighted by Gasteiger charge is -2.15. The van der Waals surface area contributed by atoms with Crippen LogP contribution in [0.15, 0.2) is 60.7 Å². The number of hydrogen-bond donors (Lipinski definition) is 1. The van der Waals surface area contributed by atoms with Gasteiger partial charge in [0.15, 0.2) is 5.82 Å². The first kappa shape index (κ1) is 17.7.